The van der Waals surface area contributed by atoms with E-state index in [9.17, 15) is 14.9 Å². The minimum Gasteiger partial charge on any atom is -0.266 e. The van der Waals surface area contributed by atoms with Gasteiger partial charge in [0.05, 0.1) is 15.7 Å². The number of thiophene rings is 1. The lowest BCUT2D eigenvalue weighted by atomic mass is 10.1. The van der Waals surface area contributed by atoms with Crippen molar-refractivity contribution >= 4 is 73.5 Å². The highest BCUT2D eigenvalue weighted by Gasteiger charge is 2.18. The third-order valence-electron chi connectivity index (χ3n) is 3.68. The van der Waals surface area contributed by atoms with Gasteiger partial charge in [0.2, 0.25) is 0 Å². The fourth-order valence-corrected chi connectivity index (χ4v) is 4.18. The first kappa shape index (κ1) is 19.6. The normalized spacial score (nSPS) is 11.6. The first-order chi connectivity index (χ1) is 12.8. The maximum Gasteiger partial charge on any atom is 0.288 e. The number of benzene rings is 2. The van der Waals surface area contributed by atoms with E-state index in [0.717, 1.165) is 10.1 Å². The van der Waals surface area contributed by atoms with Gasteiger partial charge in [-0.25, -0.2) is 5.43 Å². The Morgan fingerprint density at radius 2 is 1.93 bits per heavy atom. The standard InChI is InChI=1S/C17H10Cl3N3O3S/c1-8(9-2-5-12(19)13(6-9)23(25)26)21-22-17(24)16-15(20)11-4-3-10(18)7-14(11)27-16/h2-7H,1H3,(H,22,24)/b21-8-. The number of hydrogen-bond donors (Lipinski definition) is 1. The minimum absolute atomic E-state index is 0.0244. The molecule has 6 nitrogen and oxygen atoms in total. The van der Waals surface area contributed by atoms with Crippen LogP contribution in [0.15, 0.2) is 41.5 Å². The van der Waals surface area contributed by atoms with Crippen LogP contribution >= 0.6 is 46.1 Å². The number of nitro groups is 1. The van der Waals surface area contributed by atoms with Crippen molar-refractivity contribution in [1.29, 1.82) is 0 Å². The Morgan fingerprint density at radius 3 is 2.63 bits per heavy atom. The van der Waals surface area contributed by atoms with Crippen molar-refractivity contribution in [2.24, 2.45) is 5.10 Å². The number of carbonyl (C=O) groups excluding carboxylic acids is 1. The van der Waals surface area contributed by atoms with E-state index in [4.69, 9.17) is 34.8 Å². The van der Waals surface area contributed by atoms with Gasteiger partial charge in [-0.3, -0.25) is 14.9 Å². The molecule has 0 aliphatic heterocycles. The lowest BCUT2D eigenvalue weighted by Crippen LogP contribution is -2.18. The second kappa shape index (κ2) is 7.82. The monoisotopic (exact) mass is 441 g/mol. The van der Waals surface area contributed by atoms with Crippen molar-refractivity contribution in [2.45, 2.75) is 6.92 Å². The summed E-state index contributed by atoms with van der Waals surface area (Å²) in [5.74, 6) is -0.486. The van der Waals surface area contributed by atoms with E-state index in [2.05, 4.69) is 10.5 Å². The number of hydrazone groups is 1. The van der Waals surface area contributed by atoms with Crippen molar-refractivity contribution < 1.29 is 9.72 Å². The molecule has 0 fully saturated rings. The summed E-state index contributed by atoms with van der Waals surface area (Å²) < 4.78 is 0.784. The van der Waals surface area contributed by atoms with E-state index >= 15 is 0 Å². The Morgan fingerprint density at radius 1 is 1.19 bits per heavy atom. The molecule has 1 aromatic heterocycles. The van der Waals surface area contributed by atoms with Crippen molar-refractivity contribution in [3.63, 3.8) is 0 Å². The molecule has 0 unspecified atom stereocenters. The molecule has 0 spiro atoms. The van der Waals surface area contributed by atoms with Crippen LogP contribution < -0.4 is 5.43 Å². The number of fused-ring (bicyclic) bond motifs is 1. The zero-order valence-corrected chi connectivity index (χ0v) is 16.7. The van der Waals surface area contributed by atoms with Crippen molar-refractivity contribution in [1.82, 2.24) is 5.43 Å². The molecule has 0 radical (unpaired) electrons. The van der Waals surface area contributed by atoms with Gasteiger partial charge < -0.3 is 0 Å². The van der Waals surface area contributed by atoms with Gasteiger partial charge in [-0.15, -0.1) is 11.3 Å². The Bertz CT molecular complexity index is 1110. The topological polar surface area (TPSA) is 84.6 Å². The Hall–Kier alpha value is -2.19. The predicted molar refractivity (Wildman–Crippen MR) is 110 cm³/mol. The van der Waals surface area contributed by atoms with Crippen LogP contribution in [0.2, 0.25) is 15.1 Å². The lowest BCUT2D eigenvalue weighted by molar-refractivity contribution is -0.384. The molecule has 0 atom stereocenters. The van der Waals surface area contributed by atoms with Gasteiger partial charge in [-0.05, 0) is 25.1 Å². The van der Waals surface area contributed by atoms with Crippen molar-refractivity contribution in [3.05, 3.63) is 72.0 Å². The summed E-state index contributed by atoms with van der Waals surface area (Å²) in [4.78, 5) is 23.1. The Kier molecular flexibility index (Phi) is 5.67. The molecule has 10 heteroatoms. The molecule has 3 rings (SSSR count). The minimum atomic E-state index is -0.584. The van der Waals surface area contributed by atoms with E-state index in [1.165, 1.54) is 23.5 Å². The summed E-state index contributed by atoms with van der Waals surface area (Å²) in [7, 11) is 0. The van der Waals surface area contributed by atoms with Gasteiger partial charge in [0.15, 0.2) is 0 Å². The number of nitrogens with zero attached hydrogens (tertiary/aromatic N) is 2. The van der Waals surface area contributed by atoms with E-state index < -0.39 is 10.8 Å². The van der Waals surface area contributed by atoms with Gasteiger partial charge >= 0.3 is 0 Å². The fourth-order valence-electron chi connectivity index (χ4n) is 2.31. The second-order valence-electron chi connectivity index (χ2n) is 5.45. The first-order valence-electron chi connectivity index (χ1n) is 7.44. The van der Waals surface area contributed by atoms with Gasteiger partial charge in [0.1, 0.15) is 9.90 Å². The summed E-state index contributed by atoms with van der Waals surface area (Å²) >= 11 is 19.2. The second-order valence-corrected chi connectivity index (χ2v) is 7.72. The van der Waals surface area contributed by atoms with Crippen LogP contribution in [-0.2, 0) is 0 Å². The number of amides is 1. The quantitative estimate of drug-likeness (QED) is 0.309. The summed E-state index contributed by atoms with van der Waals surface area (Å²) in [5, 5.41) is 16.6. The van der Waals surface area contributed by atoms with Crippen LogP contribution in [0, 0.1) is 10.1 Å². The molecule has 27 heavy (non-hydrogen) atoms. The molecule has 1 amide bonds. The Balaban J connectivity index is 1.85. The number of nitrogens with one attached hydrogen (secondary N) is 1. The van der Waals surface area contributed by atoms with Gasteiger partial charge in [0, 0.05) is 26.7 Å². The number of rotatable bonds is 4. The molecule has 138 valence electrons. The summed E-state index contributed by atoms with van der Waals surface area (Å²) in [6.45, 7) is 1.61. The SMILES string of the molecule is C/C(=N/NC(=O)c1sc2cc(Cl)ccc2c1Cl)c1ccc(Cl)c([N+](=O)[O-])c1. The maximum absolute atomic E-state index is 12.4. The molecule has 0 bridgehead atoms. The van der Waals surface area contributed by atoms with Crippen LogP contribution in [0.25, 0.3) is 10.1 Å². The van der Waals surface area contributed by atoms with E-state index in [0.29, 0.717) is 26.2 Å². The van der Waals surface area contributed by atoms with Crippen LogP contribution in [-0.4, -0.2) is 16.5 Å². The first-order valence-corrected chi connectivity index (χ1v) is 9.39. The molecule has 0 aliphatic rings. The molecule has 0 saturated carbocycles. The molecule has 2 aromatic carbocycles. The molecular formula is C17H10Cl3N3O3S. The van der Waals surface area contributed by atoms with E-state index in [1.807, 2.05) is 0 Å². The molecule has 3 aromatic rings. The zero-order chi connectivity index (χ0) is 19.7. The average Bonchev–Trinajstić information content (AvgIpc) is 2.95. The summed E-state index contributed by atoms with van der Waals surface area (Å²) in [5.41, 5.74) is 3.02. The van der Waals surface area contributed by atoms with Gasteiger partial charge in [0.25, 0.3) is 11.6 Å². The largest absolute Gasteiger partial charge is 0.288 e. The van der Waals surface area contributed by atoms with Gasteiger partial charge in [-0.1, -0.05) is 46.9 Å². The Labute approximate surface area is 172 Å². The van der Waals surface area contributed by atoms with Crippen molar-refractivity contribution in [2.75, 3.05) is 0 Å². The lowest BCUT2D eigenvalue weighted by Gasteiger charge is -2.03. The van der Waals surface area contributed by atoms with Crippen molar-refractivity contribution in [3.8, 4) is 0 Å². The van der Waals surface area contributed by atoms with Gasteiger partial charge in [-0.2, -0.15) is 5.10 Å². The highest BCUT2D eigenvalue weighted by atomic mass is 35.5. The molecular weight excluding hydrogens is 433 g/mol. The number of carbonyl (C=O) groups is 1. The van der Waals surface area contributed by atoms with E-state index in [1.54, 1.807) is 31.2 Å². The summed E-state index contributed by atoms with van der Waals surface area (Å²) in [6.07, 6.45) is 0. The highest BCUT2D eigenvalue weighted by Crippen LogP contribution is 2.36. The number of hydrogen-bond acceptors (Lipinski definition) is 5. The van der Waals surface area contributed by atoms with Crippen LogP contribution in [0.1, 0.15) is 22.2 Å². The zero-order valence-electron chi connectivity index (χ0n) is 13.6. The van der Waals surface area contributed by atoms with Crippen LogP contribution in [0.3, 0.4) is 0 Å². The molecule has 1 heterocycles. The predicted octanol–water partition coefficient (Wildman–Crippen LogP) is 5.92. The maximum atomic E-state index is 12.4. The number of halogens is 3. The third-order valence-corrected chi connectivity index (χ3v) is 5.89. The average molecular weight is 443 g/mol. The molecule has 1 N–H and O–H groups in total. The summed E-state index contributed by atoms with van der Waals surface area (Å²) in [6, 6.07) is 9.44. The van der Waals surface area contributed by atoms with E-state index in [-0.39, 0.29) is 10.7 Å². The van der Waals surface area contributed by atoms with Crippen LogP contribution in [0.4, 0.5) is 5.69 Å². The third kappa shape index (κ3) is 4.06. The fraction of sp³-hybridized carbons (Fsp3) is 0.0588. The van der Waals surface area contributed by atoms with Crippen LogP contribution in [0.5, 0.6) is 0 Å². The highest BCUT2D eigenvalue weighted by molar-refractivity contribution is 7.21. The number of nitro benzene ring substituents is 1. The molecule has 0 saturated heterocycles. The molecule has 0 aliphatic carbocycles. The smallest absolute Gasteiger partial charge is 0.266 e.